The third-order valence-electron chi connectivity index (χ3n) is 2.81. The summed E-state index contributed by atoms with van der Waals surface area (Å²) < 4.78 is 14.8. The van der Waals surface area contributed by atoms with Gasteiger partial charge in [-0.05, 0) is 51.8 Å². The fourth-order valence-electron chi connectivity index (χ4n) is 1.86. The Morgan fingerprint density at radius 1 is 1.21 bits per heavy atom. The molecule has 7 nitrogen and oxygen atoms in total. The van der Waals surface area contributed by atoms with Crippen LogP contribution in [0.2, 0.25) is 0 Å². The number of aliphatic hydroxyl groups is 1. The Kier molecular flexibility index (Phi) is 7.51. The van der Waals surface area contributed by atoms with E-state index in [1.54, 1.807) is 52.0 Å². The number of rotatable bonds is 6. The SMILES string of the molecule is CCOC(=O)Oc1ccc(C[C@H](CO)NC(=O)OC(C)(C)C)cc1. The lowest BCUT2D eigenvalue weighted by molar-refractivity contribution is 0.0482. The first-order valence-electron chi connectivity index (χ1n) is 7.77. The van der Waals surface area contributed by atoms with Crippen molar-refractivity contribution in [3.05, 3.63) is 29.8 Å². The third-order valence-corrected chi connectivity index (χ3v) is 2.81. The Morgan fingerprint density at radius 3 is 2.33 bits per heavy atom. The van der Waals surface area contributed by atoms with Crippen LogP contribution in [0.25, 0.3) is 0 Å². The highest BCUT2D eigenvalue weighted by atomic mass is 16.7. The molecule has 0 aliphatic rings. The number of benzene rings is 1. The highest BCUT2D eigenvalue weighted by Gasteiger charge is 2.19. The van der Waals surface area contributed by atoms with Gasteiger partial charge in [-0.3, -0.25) is 0 Å². The second kappa shape index (κ2) is 9.12. The van der Waals surface area contributed by atoms with Crippen LogP contribution in [0.1, 0.15) is 33.3 Å². The minimum Gasteiger partial charge on any atom is -0.444 e. The van der Waals surface area contributed by atoms with E-state index in [-0.39, 0.29) is 13.2 Å². The maximum absolute atomic E-state index is 11.7. The molecule has 1 rings (SSSR count). The van der Waals surface area contributed by atoms with Crippen LogP contribution < -0.4 is 10.1 Å². The average molecular weight is 339 g/mol. The molecule has 0 unspecified atom stereocenters. The van der Waals surface area contributed by atoms with Crippen molar-refractivity contribution in [2.45, 2.75) is 45.8 Å². The Balaban J connectivity index is 2.57. The Bertz CT molecular complexity index is 535. The van der Waals surface area contributed by atoms with E-state index >= 15 is 0 Å². The van der Waals surface area contributed by atoms with E-state index in [1.165, 1.54) is 0 Å². The van der Waals surface area contributed by atoms with Crippen LogP contribution in [-0.2, 0) is 15.9 Å². The van der Waals surface area contributed by atoms with Gasteiger partial charge < -0.3 is 24.6 Å². The van der Waals surface area contributed by atoms with Crippen molar-refractivity contribution in [1.82, 2.24) is 5.32 Å². The van der Waals surface area contributed by atoms with Crippen molar-refractivity contribution in [3.8, 4) is 5.75 Å². The summed E-state index contributed by atoms with van der Waals surface area (Å²) in [6.07, 6.45) is -0.927. The maximum atomic E-state index is 11.7. The zero-order valence-electron chi connectivity index (χ0n) is 14.5. The van der Waals surface area contributed by atoms with Gasteiger partial charge in [-0.15, -0.1) is 0 Å². The van der Waals surface area contributed by atoms with Crippen molar-refractivity contribution in [3.63, 3.8) is 0 Å². The molecule has 0 saturated heterocycles. The Labute approximate surface area is 141 Å². The number of hydrogen-bond donors (Lipinski definition) is 2. The van der Waals surface area contributed by atoms with Gasteiger partial charge in [0.05, 0.1) is 19.3 Å². The summed E-state index contributed by atoms with van der Waals surface area (Å²) >= 11 is 0. The van der Waals surface area contributed by atoms with Gasteiger partial charge in [0, 0.05) is 0 Å². The molecule has 2 N–H and O–H groups in total. The molecule has 1 aromatic carbocycles. The molecule has 134 valence electrons. The van der Waals surface area contributed by atoms with E-state index in [4.69, 9.17) is 9.47 Å². The molecule has 0 spiro atoms. The molecule has 0 bridgehead atoms. The molecule has 1 atom stereocenters. The number of amides is 1. The standard InChI is InChI=1S/C17H25NO6/c1-5-22-16(21)23-14-8-6-12(7-9-14)10-13(11-19)18-15(20)24-17(2,3)4/h6-9,13,19H,5,10-11H2,1-4H3,(H,18,20)/t13-/m1/s1. The number of aliphatic hydroxyl groups excluding tert-OH is 1. The van der Waals surface area contributed by atoms with Crippen LogP contribution >= 0.6 is 0 Å². The van der Waals surface area contributed by atoms with Crippen molar-refractivity contribution in [1.29, 1.82) is 0 Å². The molecule has 0 aliphatic carbocycles. The molecule has 0 saturated carbocycles. The highest BCUT2D eigenvalue weighted by molar-refractivity contribution is 5.68. The molecular weight excluding hydrogens is 314 g/mol. The molecule has 0 aromatic heterocycles. The van der Waals surface area contributed by atoms with Gasteiger partial charge in [0.1, 0.15) is 11.4 Å². The smallest absolute Gasteiger partial charge is 0.444 e. The first kappa shape index (κ1) is 19.8. The summed E-state index contributed by atoms with van der Waals surface area (Å²) in [4.78, 5) is 23.0. The molecule has 0 fully saturated rings. The van der Waals surface area contributed by atoms with Crippen LogP contribution in [0, 0.1) is 0 Å². The fraction of sp³-hybridized carbons (Fsp3) is 0.529. The largest absolute Gasteiger partial charge is 0.513 e. The van der Waals surface area contributed by atoms with E-state index in [0.717, 1.165) is 5.56 Å². The van der Waals surface area contributed by atoms with Gasteiger partial charge in [-0.1, -0.05) is 12.1 Å². The molecule has 0 aliphatic heterocycles. The molecule has 24 heavy (non-hydrogen) atoms. The summed E-state index contributed by atoms with van der Waals surface area (Å²) in [6, 6.07) is 6.25. The van der Waals surface area contributed by atoms with E-state index in [2.05, 4.69) is 10.1 Å². The second-order valence-corrected chi connectivity index (χ2v) is 6.16. The van der Waals surface area contributed by atoms with Crippen molar-refractivity contribution in [2.24, 2.45) is 0 Å². The quantitative estimate of drug-likeness (QED) is 0.611. The maximum Gasteiger partial charge on any atom is 0.513 e. The van der Waals surface area contributed by atoms with Crippen molar-refractivity contribution in [2.75, 3.05) is 13.2 Å². The number of carbonyl (C=O) groups excluding carboxylic acids is 2. The first-order valence-corrected chi connectivity index (χ1v) is 7.77. The molecule has 0 radical (unpaired) electrons. The van der Waals surface area contributed by atoms with Crippen LogP contribution in [0.15, 0.2) is 24.3 Å². The summed E-state index contributed by atoms with van der Waals surface area (Å²) in [7, 11) is 0. The van der Waals surface area contributed by atoms with Gasteiger partial charge in [0.25, 0.3) is 0 Å². The van der Waals surface area contributed by atoms with E-state index < -0.39 is 23.9 Å². The van der Waals surface area contributed by atoms with Gasteiger partial charge in [-0.25, -0.2) is 9.59 Å². The lowest BCUT2D eigenvalue weighted by Gasteiger charge is -2.22. The number of nitrogens with one attached hydrogen (secondary N) is 1. The molecular formula is C17H25NO6. The third kappa shape index (κ3) is 7.82. The number of hydrogen-bond acceptors (Lipinski definition) is 6. The van der Waals surface area contributed by atoms with Crippen LogP contribution in [0.3, 0.4) is 0 Å². The molecule has 0 heterocycles. The van der Waals surface area contributed by atoms with E-state index in [9.17, 15) is 14.7 Å². The van der Waals surface area contributed by atoms with Gasteiger partial charge in [0.15, 0.2) is 0 Å². The highest BCUT2D eigenvalue weighted by Crippen LogP contribution is 2.14. The zero-order valence-corrected chi connectivity index (χ0v) is 14.5. The number of carbonyl (C=O) groups is 2. The lowest BCUT2D eigenvalue weighted by Crippen LogP contribution is -2.42. The minimum atomic E-state index is -0.759. The predicted molar refractivity (Wildman–Crippen MR) is 88.0 cm³/mol. The fourth-order valence-corrected chi connectivity index (χ4v) is 1.86. The molecule has 1 aromatic rings. The zero-order chi connectivity index (χ0) is 18.2. The number of alkyl carbamates (subject to hydrolysis) is 1. The lowest BCUT2D eigenvalue weighted by atomic mass is 10.1. The Hall–Kier alpha value is -2.28. The van der Waals surface area contributed by atoms with Gasteiger partial charge in [0.2, 0.25) is 0 Å². The van der Waals surface area contributed by atoms with Crippen LogP contribution in [0.5, 0.6) is 5.75 Å². The summed E-state index contributed by atoms with van der Waals surface area (Å²) in [5.74, 6) is 0.359. The van der Waals surface area contributed by atoms with E-state index in [0.29, 0.717) is 12.2 Å². The average Bonchev–Trinajstić information content (AvgIpc) is 2.46. The normalized spacial score (nSPS) is 12.2. The van der Waals surface area contributed by atoms with Gasteiger partial charge >= 0.3 is 12.2 Å². The van der Waals surface area contributed by atoms with Crippen LogP contribution in [0.4, 0.5) is 9.59 Å². The summed E-state index contributed by atoms with van der Waals surface area (Å²) in [5, 5.41) is 12.0. The van der Waals surface area contributed by atoms with Crippen LogP contribution in [-0.4, -0.2) is 42.2 Å². The minimum absolute atomic E-state index is 0.222. The topological polar surface area (TPSA) is 94.1 Å². The molecule has 7 heteroatoms. The monoisotopic (exact) mass is 339 g/mol. The number of ether oxygens (including phenoxy) is 3. The summed E-state index contributed by atoms with van der Waals surface area (Å²) in [5.41, 5.74) is 0.261. The van der Waals surface area contributed by atoms with Gasteiger partial charge in [-0.2, -0.15) is 0 Å². The Morgan fingerprint density at radius 2 is 1.83 bits per heavy atom. The first-order chi connectivity index (χ1) is 11.2. The van der Waals surface area contributed by atoms with Crippen molar-refractivity contribution >= 4 is 12.2 Å². The molecule has 1 amide bonds. The van der Waals surface area contributed by atoms with E-state index in [1.807, 2.05) is 0 Å². The predicted octanol–water partition coefficient (Wildman–Crippen LogP) is 2.65. The van der Waals surface area contributed by atoms with Crippen molar-refractivity contribution < 1.29 is 28.9 Å². The summed E-state index contributed by atoms with van der Waals surface area (Å²) in [6.45, 7) is 7.01. The second-order valence-electron chi connectivity index (χ2n) is 6.16.